The second-order valence-corrected chi connectivity index (χ2v) is 10.2. The number of carbonyl (C=O) groups is 2. The standard InChI is InChI=1S/C30H32N6O3/c31-28-23-19-36(26-15-6-7-16-39-26)34-27(23)24(17-32-28)33-29(37)30(38)35(18-20-9-2-1-3-10-20)25-14-8-12-21-11-4-5-13-22(21)25/h1-5,9-11,13,17,19,25-26H,6-8,12,14-16,18H2,(H2,31,32)(H,33,37). The molecule has 4 aromatic rings. The smallest absolute Gasteiger partial charge is 0.314 e. The van der Waals surface area contributed by atoms with Crippen LogP contribution in [0.4, 0.5) is 11.5 Å². The van der Waals surface area contributed by atoms with Crippen LogP contribution >= 0.6 is 0 Å². The van der Waals surface area contributed by atoms with Gasteiger partial charge in [-0.3, -0.25) is 9.59 Å². The molecule has 3 N–H and O–H groups in total. The summed E-state index contributed by atoms with van der Waals surface area (Å²) in [6.07, 6.45) is 8.69. The highest BCUT2D eigenvalue weighted by atomic mass is 16.5. The van der Waals surface area contributed by atoms with Crippen molar-refractivity contribution < 1.29 is 14.3 Å². The lowest BCUT2D eigenvalue weighted by molar-refractivity contribution is -0.145. The summed E-state index contributed by atoms with van der Waals surface area (Å²) in [7, 11) is 0. The molecule has 1 aliphatic heterocycles. The number of ether oxygens (including phenoxy) is 1. The Morgan fingerprint density at radius 3 is 2.69 bits per heavy atom. The normalized spacial score (nSPS) is 18.9. The molecule has 2 amide bonds. The minimum absolute atomic E-state index is 0.191. The van der Waals surface area contributed by atoms with Crippen LogP contribution in [0.5, 0.6) is 0 Å². The van der Waals surface area contributed by atoms with Crippen LogP contribution in [0, 0.1) is 0 Å². The molecule has 39 heavy (non-hydrogen) atoms. The Balaban J connectivity index is 1.30. The number of rotatable bonds is 5. The molecule has 9 nitrogen and oxygen atoms in total. The molecule has 0 radical (unpaired) electrons. The Morgan fingerprint density at radius 1 is 1.05 bits per heavy atom. The topological polar surface area (TPSA) is 115 Å². The maximum absolute atomic E-state index is 13.8. The van der Waals surface area contributed by atoms with Crippen LogP contribution in [0.25, 0.3) is 10.9 Å². The van der Waals surface area contributed by atoms with E-state index in [9.17, 15) is 9.59 Å². The summed E-state index contributed by atoms with van der Waals surface area (Å²) in [4.78, 5) is 33.3. The maximum Gasteiger partial charge on any atom is 0.314 e. The summed E-state index contributed by atoms with van der Waals surface area (Å²) in [5, 5.41) is 8.07. The molecule has 9 heteroatoms. The Labute approximate surface area is 227 Å². The molecule has 2 aromatic carbocycles. The van der Waals surface area contributed by atoms with E-state index in [0.29, 0.717) is 35.6 Å². The lowest BCUT2D eigenvalue weighted by Crippen LogP contribution is -2.42. The fraction of sp³-hybridized carbons (Fsp3) is 0.333. The second kappa shape index (κ2) is 10.9. The average Bonchev–Trinajstić information content (AvgIpc) is 3.45. The van der Waals surface area contributed by atoms with Gasteiger partial charge >= 0.3 is 11.8 Å². The number of nitrogen functional groups attached to an aromatic ring is 1. The molecule has 2 aromatic heterocycles. The van der Waals surface area contributed by atoms with Crippen molar-refractivity contribution in [3.8, 4) is 0 Å². The highest BCUT2D eigenvalue weighted by Crippen LogP contribution is 2.36. The predicted molar refractivity (Wildman–Crippen MR) is 149 cm³/mol. The van der Waals surface area contributed by atoms with Crippen LogP contribution in [0.2, 0.25) is 0 Å². The molecule has 6 rings (SSSR count). The lowest BCUT2D eigenvalue weighted by atomic mass is 9.86. The molecule has 0 bridgehead atoms. The molecule has 3 heterocycles. The fourth-order valence-electron chi connectivity index (χ4n) is 5.68. The van der Waals surface area contributed by atoms with E-state index in [1.165, 1.54) is 11.8 Å². The van der Waals surface area contributed by atoms with Gasteiger partial charge in [0.05, 0.1) is 23.3 Å². The number of nitrogens with two attached hydrogens (primary N) is 1. The average molecular weight is 525 g/mol. The molecule has 2 aliphatic rings. The number of hydrogen-bond donors (Lipinski definition) is 2. The summed E-state index contributed by atoms with van der Waals surface area (Å²) in [5.41, 5.74) is 10.3. The number of hydrogen-bond acceptors (Lipinski definition) is 6. The van der Waals surface area contributed by atoms with Gasteiger partial charge < -0.3 is 20.7 Å². The van der Waals surface area contributed by atoms with E-state index in [-0.39, 0.29) is 12.3 Å². The van der Waals surface area contributed by atoms with Gasteiger partial charge in [0.1, 0.15) is 17.6 Å². The van der Waals surface area contributed by atoms with Crippen LogP contribution in [0.15, 0.2) is 67.0 Å². The molecule has 0 spiro atoms. The Morgan fingerprint density at radius 2 is 1.87 bits per heavy atom. The molecule has 200 valence electrons. The second-order valence-electron chi connectivity index (χ2n) is 10.2. The molecular weight excluding hydrogens is 492 g/mol. The van der Waals surface area contributed by atoms with Crippen molar-refractivity contribution in [2.45, 2.75) is 57.3 Å². The lowest BCUT2D eigenvalue weighted by Gasteiger charge is -2.35. The third kappa shape index (κ3) is 5.09. The Bertz CT molecular complexity index is 1500. The van der Waals surface area contributed by atoms with Crippen molar-refractivity contribution in [1.82, 2.24) is 19.7 Å². The van der Waals surface area contributed by atoms with E-state index in [1.54, 1.807) is 15.8 Å². The first-order chi connectivity index (χ1) is 19.1. The van der Waals surface area contributed by atoms with Crippen molar-refractivity contribution >= 4 is 34.2 Å². The quantitative estimate of drug-likeness (QED) is 0.364. The SMILES string of the molecule is Nc1ncc(NC(=O)C(=O)N(Cc2ccccc2)C2CCCc3ccccc32)c2nn(C3CCCCO3)cc12. The van der Waals surface area contributed by atoms with E-state index in [2.05, 4.69) is 27.5 Å². The number of benzene rings is 2. The van der Waals surface area contributed by atoms with Crippen molar-refractivity contribution in [1.29, 1.82) is 0 Å². The van der Waals surface area contributed by atoms with Gasteiger partial charge in [-0.15, -0.1) is 0 Å². The number of carbonyl (C=O) groups excluding carboxylic acids is 2. The highest BCUT2D eigenvalue weighted by Gasteiger charge is 2.33. The molecule has 1 saturated heterocycles. The monoisotopic (exact) mass is 524 g/mol. The molecule has 2 unspecified atom stereocenters. The van der Waals surface area contributed by atoms with E-state index in [1.807, 2.05) is 42.5 Å². The number of amides is 2. The number of anilines is 2. The van der Waals surface area contributed by atoms with E-state index < -0.39 is 11.8 Å². The Kier molecular flexibility index (Phi) is 6.98. The maximum atomic E-state index is 13.8. The van der Waals surface area contributed by atoms with Gasteiger partial charge in [-0.25, -0.2) is 9.67 Å². The number of nitrogens with zero attached hydrogens (tertiary/aromatic N) is 4. The minimum Gasteiger partial charge on any atom is -0.383 e. The fourth-order valence-corrected chi connectivity index (χ4v) is 5.68. The van der Waals surface area contributed by atoms with E-state index >= 15 is 0 Å². The van der Waals surface area contributed by atoms with Crippen LogP contribution in [-0.4, -0.2) is 38.1 Å². The largest absolute Gasteiger partial charge is 0.383 e. The number of nitrogens with one attached hydrogen (secondary N) is 1. The van der Waals surface area contributed by atoms with Gasteiger partial charge in [-0.1, -0.05) is 54.6 Å². The first kappa shape index (κ1) is 25.1. The Hall–Kier alpha value is -4.24. The summed E-state index contributed by atoms with van der Waals surface area (Å²) >= 11 is 0. The molecular formula is C30H32N6O3. The van der Waals surface area contributed by atoms with Gasteiger partial charge in [-0.05, 0) is 55.2 Å². The van der Waals surface area contributed by atoms with Crippen LogP contribution < -0.4 is 11.1 Å². The minimum atomic E-state index is -0.731. The van der Waals surface area contributed by atoms with Crippen molar-refractivity contribution in [3.63, 3.8) is 0 Å². The van der Waals surface area contributed by atoms with E-state index in [0.717, 1.165) is 49.7 Å². The van der Waals surface area contributed by atoms with Crippen molar-refractivity contribution in [2.24, 2.45) is 0 Å². The molecule has 2 atom stereocenters. The molecule has 1 aliphatic carbocycles. The van der Waals surface area contributed by atoms with E-state index in [4.69, 9.17) is 10.5 Å². The number of pyridine rings is 1. The third-order valence-corrected chi connectivity index (χ3v) is 7.66. The third-order valence-electron chi connectivity index (χ3n) is 7.66. The van der Waals surface area contributed by atoms with Crippen LogP contribution in [-0.2, 0) is 27.3 Å². The van der Waals surface area contributed by atoms with Gasteiger partial charge in [0.2, 0.25) is 0 Å². The van der Waals surface area contributed by atoms with Gasteiger partial charge in [-0.2, -0.15) is 5.10 Å². The summed E-state index contributed by atoms with van der Waals surface area (Å²) in [6, 6.07) is 17.8. The zero-order valence-electron chi connectivity index (χ0n) is 21.8. The summed E-state index contributed by atoms with van der Waals surface area (Å²) in [6.45, 7) is 1.00. The molecule has 1 fully saturated rings. The number of fused-ring (bicyclic) bond motifs is 2. The first-order valence-electron chi connectivity index (χ1n) is 13.6. The first-order valence-corrected chi connectivity index (χ1v) is 13.6. The van der Waals surface area contributed by atoms with Crippen LogP contribution in [0.3, 0.4) is 0 Å². The summed E-state index contributed by atoms with van der Waals surface area (Å²) < 4.78 is 7.60. The van der Waals surface area contributed by atoms with Crippen molar-refractivity contribution in [2.75, 3.05) is 17.7 Å². The number of aromatic nitrogens is 3. The summed E-state index contributed by atoms with van der Waals surface area (Å²) in [5.74, 6) is -1.02. The zero-order chi connectivity index (χ0) is 26.8. The molecule has 0 saturated carbocycles. The van der Waals surface area contributed by atoms with Gasteiger partial charge in [0.15, 0.2) is 0 Å². The van der Waals surface area contributed by atoms with Gasteiger partial charge in [0, 0.05) is 19.3 Å². The highest BCUT2D eigenvalue weighted by molar-refractivity contribution is 6.40. The van der Waals surface area contributed by atoms with Crippen LogP contribution in [0.1, 0.15) is 61.1 Å². The zero-order valence-corrected chi connectivity index (χ0v) is 21.8. The van der Waals surface area contributed by atoms with Gasteiger partial charge in [0.25, 0.3) is 0 Å². The van der Waals surface area contributed by atoms with Crippen molar-refractivity contribution in [3.05, 3.63) is 83.7 Å². The predicted octanol–water partition coefficient (Wildman–Crippen LogP) is 4.76. The number of aryl methyl sites for hydroxylation is 1.